The average Bonchev–Trinajstić information content (AvgIpc) is 3.01. The predicted octanol–water partition coefficient (Wildman–Crippen LogP) is 1.23. The first-order valence-corrected chi connectivity index (χ1v) is 7.80. The molecular weight excluding hydrogens is 308 g/mol. The lowest BCUT2D eigenvalue weighted by Crippen LogP contribution is -2.46. The monoisotopic (exact) mass is 324 g/mol. The summed E-state index contributed by atoms with van der Waals surface area (Å²) in [6.45, 7) is 3.06. The molecule has 3 aromatic rings. The van der Waals surface area contributed by atoms with Gasteiger partial charge in [0.05, 0.1) is 16.8 Å². The van der Waals surface area contributed by atoms with Crippen molar-refractivity contribution in [3.63, 3.8) is 0 Å². The van der Waals surface area contributed by atoms with Gasteiger partial charge in [-0.2, -0.15) is 0 Å². The summed E-state index contributed by atoms with van der Waals surface area (Å²) in [4.78, 5) is 32.5. The molecule has 24 heavy (non-hydrogen) atoms. The predicted molar refractivity (Wildman–Crippen MR) is 88.8 cm³/mol. The fourth-order valence-electron chi connectivity index (χ4n) is 2.85. The Morgan fingerprint density at radius 1 is 1.17 bits per heavy atom. The lowest BCUT2D eigenvalue weighted by Gasteiger charge is -2.27. The molecule has 0 bridgehead atoms. The molecule has 0 unspecified atom stereocenters. The quantitative estimate of drug-likeness (QED) is 0.740. The highest BCUT2D eigenvalue weighted by molar-refractivity contribution is 5.94. The Kier molecular flexibility index (Phi) is 3.62. The third-order valence-corrected chi connectivity index (χ3v) is 4.13. The van der Waals surface area contributed by atoms with Crippen LogP contribution in [-0.4, -0.2) is 47.0 Å². The van der Waals surface area contributed by atoms with Crippen molar-refractivity contribution in [2.75, 3.05) is 26.2 Å². The molecule has 1 amide bonds. The van der Waals surface area contributed by atoms with Crippen LogP contribution < -0.4 is 11.1 Å². The van der Waals surface area contributed by atoms with Crippen LogP contribution in [0.5, 0.6) is 0 Å². The van der Waals surface area contributed by atoms with Crippen molar-refractivity contribution < 1.29 is 9.21 Å². The Labute approximate surface area is 137 Å². The second kappa shape index (κ2) is 5.93. The van der Waals surface area contributed by atoms with Crippen LogP contribution in [0.15, 0.2) is 45.7 Å². The number of nitrogens with zero attached hydrogens (tertiary/aromatic N) is 2. The van der Waals surface area contributed by atoms with Crippen LogP contribution in [0.1, 0.15) is 10.4 Å². The summed E-state index contributed by atoms with van der Waals surface area (Å²) in [5, 5.41) is 3.22. The van der Waals surface area contributed by atoms with Gasteiger partial charge in [-0.15, -0.1) is 0 Å². The Hall–Kier alpha value is -2.93. The Balaban J connectivity index is 1.60. The minimum absolute atomic E-state index is 0.00244. The van der Waals surface area contributed by atoms with Crippen molar-refractivity contribution in [1.29, 1.82) is 0 Å². The molecule has 122 valence electrons. The zero-order valence-corrected chi connectivity index (χ0v) is 12.9. The third-order valence-electron chi connectivity index (χ3n) is 4.13. The standard InChI is InChI=1S/C17H16N4O3/c22-16(21-7-5-18-6-8-21)12-2-3-13(19-10-12)11-1-4-14-15(9-11)24-17(23)20-14/h1-4,9-10,18H,5-8H2,(H,20,23). The van der Waals surface area contributed by atoms with E-state index in [4.69, 9.17) is 4.42 Å². The number of hydrogen-bond acceptors (Lipinski definition) is 5. The highest BCUT2D eigenvalue weighted by Crippen LogP contribution is 2.22. The van der Waals surface area contributed by atoms with Gasteiger partial charge in [0.2, 0.25) is 0 Å². The Morgan fingerprint density at radius 2 is 2.00 bits per heavy atom. The maximum Gasteiger partial charge on any atom is 0.417 e. The molecule has 0 radical (unpaired) electrons. The number of fused-ring (bicyclic) bond motifs is 1. The highest BCUT2D eigenvalue weighted by atomic mass is 16.4. The van der Waals surface area contributed by atoms with Crippen LogP contribution in [0.3, 0.4) is 0 Å². The SMILES string of the molecule is O=C(c1ccc(-c2ccc3[nH]c(=O)oc3c2)nc1)N1CCNCC1. The Bertz CT molecular complexity index is 936. The molecule has 1 aromatic carbocycles. The van der Waals surface area contributed by atoms with Crippen molar-refractivity contribution in [3.8, 4) is 11.3 Å². The molecule has 0 aliphatic carbocycles. The maximum absolute atomic E-state index is 12.4. The normalized spacial score (nSPS) is 14.9. The molecule has 0 spiro atoms. The van der Waals surface area contributed by atoms with Gasteiger partial charge < -0.3 is 14.6 Å². The van der Waals surface area contributed by atoms with Crippen LogP contribution in [0.2, 0.25) is 0 Å². The number of piperazine rings is 1. The van der Waals surface area contributed by atoms with Crippen LogP contribution >= 0.6 is 0 Å². The first kappa shape index (κ1) is 14.6. The number of benzene rings is 1. The van der Waals surface area contributed by atoms with Gasteiger partial charge in [0.15, 0.2) is 5.58 Å². The zero-order valence-electron chi connectivity index (χ0n) is 12.9. The van der Waals surface area contributed by atoms with Gasteiger partial charge in [-0.05, 0) is 24.3 Å². The number of aromatic nitrogens is 2. The highest BCUT2D eigenvalue weighted by Gasteiger charge is 2.18. The summed E-state index contributed by atoms with van der Waals surface area (Å²) < 4.78 is 5.07. The summed E-state index contributed by atoms with van der Waals surface area (Å²) in [7, 11) is 0. The molecule has 3 heterocycles. The number of pyridine rings is 1. The van der Waals surface area contributed by atoms with Gasteiger partial charge in [-0.3, -0.25) is 14.8 Å². The molecule has 1 aliphatic heterocycles. The lowest BCUT2D eigenvalue weighted by molar-refractivity contribution is 0.0735. The minimum atomic E-state index is -0.480. The lowest BCUT2D eigenvalue weighted by atomic mass is 10.1. The van der Waals surface area contributed by atoms with Gasteiger partial charge in [0.25, 0.3) is 5.91 Å². The number of rotatable bonds is 2. The van der Waals surface area contributed by atoms with Crippen molar-refractivity contribution in [2.24, 2.45) is 0 Å². The van der Waals surface area contributed by atoms with E-state index in [-0.39, 0.29) is 5.91 Å². The molecule has 7 nitrogen and oxygen atoms in total. The van der Waals surface area contributed by atoms with Gasteiger partial charge in [0, 0.05) is 37.9 Å². The first-order valence-electron chi connectivity index (χ1n) is 7.80. The van der Waals surface area contributed by atoms with E-state index in [0.29, 0.717) is 29.8 Å². The smallest absolute Gasteiger partial charge is 0.408 e. The molecule has 1 fully saturated rings. The van der Waals surface area contributed by atoms with Crippen molar-refractivity contribution in [2.45, 2.75) is 0 Å². The van der Waals surface area contributed by atoms with Crippen LogP contribution in [0, 0.1) is 0 Å². The number of nitrogens with one attached hydrogen (secondary N) is 2. The van der Waals surface area contributed by atoms with E-state index in [1.54, 1.807) is 30.5 Å². The third kappa shape index (κ3) is 2.69. The van der Waals surface area contributed by atoms with E-state index in [9.17, 15) is 9.59 Å². The van der Waals surface area contributed by atoms with Crippen molar-refractivity contribution in [1.82, 2.24) is 20.2 Å². The van der Waals surface area contributed by atoms with Crippen molar-refractivity contribution >= 4 is 17.0 Å². The summed E-state index contributed by atoms with van der Waals surface area (Å²) in [6.07, 6.45) is 1.59. The van der Waals surface area contributed by atoms with Gasteiger partial charge in [-0.1, -0.05) is 6.07 Å². The first-order chi connectivity index (χ1) is 11.7. The molecule has 0 saturated carbocycles. The van der Waals surface area contributed by atoms with E-state index in [1.165, 1.54) is 0 Å². The molecule has 4 rings (SSSR count). The fourth-order valence-corrected chi connectivity index (χ4v) is 2.85. The van der Waals surface area contributed by atoms with E-state index in [2.05, 4.69) is 15.3 Å². The molecule has 2 N–H and O–H groups in total. The van der Waals surface area contributed by atoms with Crippen LogP contribution in [-0.2, 0) is 0 Å². The molecule has 2 aromatic heterocycles. The van der Waals surface area contributed by atoms with E-state index in [0.717, 1.165) is 24.3 Å². The van der Waals surface area contributed by atoms with Gasteiger partial charge in [-0.25, -0.2) is 4.79 Å². The molecule has 1 saturated heterocycles. The maximum atomic E-state index is 12.4. The molecule has 7 heteroatoms. The fraction of sp³-hybridized carbons (Fsp3) is 0.235. The summed E-state index contributed by atoms with van der Waals surface area (Å²) in [5.41, 5.74) is 3.26. The second-order valence-electron chi connectivity index (χ2n) is 5.70. The summed E-state index contributed by atoms with van der Waals surface area (Å²) in [6, 6.07) is 8.98. The van der Waals surface area contributed by atoms with E-state index in [1.807, 2.05) is 11.0 Å². The number of carbonyl (C=O) groups excluding carboxylic acids is 1. The van der Waals surface area contributed by atoms with Gasteiger partial charge in [0.1, 0.15) is 0 Å². The minimum Gasteiger partial charge on any atom is -0.408 e. The number of oxazole rings is 1. The second-order valence-corrected chi connectivity index (χ2v) is 5.70. The molecule has 1 aliphatic rings. The van der Waals surface area contributed by atoms with Crippen molar-refractivity contribution in [3.05, 3.63) is 52.6 Å². The average molecular weight is 324 g/mol. The molecular formula is C17H16N4O3. The number of carbonyl (C=O) groups is 1. The number of H-pyrrole nitrogens is 1. The zero-order chi connectivity index (χ0) is 16.5. The molecule has 0 atom stereocenters. The van der Waals surface area contributed by atoms with E-state index < -0.39 is 5.76 Å². The van der Waals surface area contributed by atoms with Crippen LogP contribution in [0.25, 0.3) is 22.4 Å². The number of hydrogen-bond donors (Lipinski definition) is 2. The topological polar surface area (TPSA) is 91.2 Å². The number of amides is 1. The van der Waals surface area contributed by atoms with Gasteiger partial charge >= 0.3 is 5.76 Å². The summed E-state index contributed by atoms with van der Waals surface area (Å²) in [5.74, 6) is -0.477. The Morgan fingerprint density at radius 3 is 2.75 bits per heavy atom. The largest absolute Gasteiger partial charge is 0.417 e. The number of aromatic amines is 1. The summed E-state index contributed by atoms with van der Waals surface area (Å²) >= 11 is 0. The van der Waals surface area contributed by atoms with E-state index >= 15 is 0 Å². The van der Waals surface area contributed by atoms with Crippen LogP contribution in [0.4, 0.5) is 0 Å².